The van der Waals surface area contributed by atoms with Crippen LogP contribution in [0, 0.1) is 6.92 Å². The zero-order chi connectivity index (χ0) is 20.4. The van der Waals surface area contributed by atoms with Crippen LogP contribution in [0.2, 0.25) is 0 Å². The van der Waals surface area contributed by atoms with Crippen molar-refractivity contribution in [2.75, 3.05) is 32.9 Å². The summed E-state index contributed by atoms with van der Waals surface area (Å²) in [5.41, 5.74) is 0.976. The summed E-state index contributed by atoms with van der Waals surface area (Å²) in [5, 5.41) is 2.97. The number of fused-ring (bicyclic) bond motifs is 1. The molecular weight excluding hydrogens is 372 g/mol. The number of hydrogen-bond acceptors (Lipinski definition) is 5. The van der Waals surface area contributed by atoms with E-state index < -0.39 is 11.6 Å². The van der Waals surface area contributed by atoms with Crippen molar-refractivity contribution >= 4 is 11.8 Å². The fourth-order valence-electron chi connectivity index (χ4n) is 4.33. The maximum Gasteiger partial charge on any atom is 0.258 e. The molecule has 158 valence electrons. The van der Waals surface area contributed by atoms with Gasteiger partial charge < -0.3 is 24.4 Å². The molecule has 1 spiro atoms. The topological polar surface area (TPSA) is 77.1 Å². The molecule has 1 aromatic rings. The fraction of sp³-hybridized carbons (Fsp3) is 0.636. The minimum Gasteiger partial charge on any atom is -0.484 e. The summed E-state index contributed by atoms with van der Waals surface area (Å²) in [6, 6.07) is 5.07. The number of amides is 2. The van der Waals surface area contributed by atoms with Gasteiger partial charge >= 0.3 is 0 Å². The van der Waals surface area contributed by atoms with Gasteiger partial charge in [-0.05, 0) is 38.8 Å². The average Bonchev–Trinajstić information content (AvgIpc) is 3.21. The van der Waals surface area contributed by atoms with Crippen LogP contribution < -0.4 is 10.1 Å². The molecule has 3 aliphatic rings. The Morgan fingerprint density at radius 3 is 2.83 bits per heavy atom. The quantitative estimate of drug-likeness (QED) is 0.834. The van der Waals surface area contributed by atoms with E-state index in [-0.39, 0.29) is 17.9 Å². The highest BCUT2D eigenvalue weighted by Gasteiger charge is 2.44. The van der Waals surface area contributed by atoms with Gasteiger partial charge in [0.05, 0.1) is 31.4 Å². The van der Waals surface area contributed by atoms with Crippen molar-refractivity contribution in [1.29, 1.82) is 0 Å². The van der Waals surface area contributed by atoms with Crippen LogP contribution in [0.5, 0.6) is 5.75 Å². The normalized spacial score (nSPS) is 24.6. The molecule has 0 bridgehead atoms. The molecule has 2 atom stereocenters. The van der Waals surface area contributed by atoms with Gasteiger partial charge in [-0.15, -0.1) is 0 Å². The van der Waals surface area contributed by atoms with Crippen LogP contribution in [0.15, 0.2) is 18.2 Å². The number of benzene rings is 1. The lowest BCUT2D eigenvalue weighted by Gasteiger charge is -2.40. The van der Waals surface area contributed by atoms with E-state index in [0.29, 0.717) is 50.5 Å². The molecule has 7 nitrogen and oxygen atoms in total. The van der Waals surface area contributed by atoms with Gasteiger partial charge in [-0.1, -0.05) is 11.6 Å². The molecule has 0 aliphatic carbocycles. The molecule has 0 saturated carbocycles. The van der Waals surface area contributed by atoms with E-state index in [1.165, 1.54) is 0 Å². The van der Waals surface area contributed by atoms with Crippen molar-refractivity contribution in [3.63, 3.8) is 0 Å². The molecule has 3 aliphatic heterocycles. The summed E-state index contributed by atoms with van der Waals surface area (Å²) in [4.78, 5) is 28.0. The Kier molecular flexibility index (Phi) is 5.79. The highest BCUT2D eigenvalue weighted by molar-refractivity contribution is 6.00. The number of nitrogens with zero attached hydrogens (tertiary/aromatic N) is 1. The van der Waals surface area contributed by atoms with Gasteiger partial charge in [-0.25, -0.2) is 0 Å². The van der Waals surface area contributed by atoms with Gasteiger partial charge in [0.25, 0.3) is 5.91 Å². The summed E-state index contributed by atoms with van der Waals surface area (Å²) in [5.74, 6) is 0.274. The fourth-order valence-corrected chi connectivity index (χ4v) is 4.33. The third-order valence-electron chi connectivity index (χ3n) is 6.19. The van der Waals surface area contributed by atoms with Crippen molar-refractivity contribution in [2.24, 2.45) is 0 Å². The summed E-state index contributed by atoms with van der Waals surface area (Å²) >= 11 is 0. The van der Waals surface area contributed by atoms with Crippen molar-refractivity contribution in [3.8, 4) is 5.75 Å². The number of nitrogens with one attached hydrogen (secondary N) is 1. The minimum atomic E-state index is -0.598. The minimum absolute atomic E-state index is 0.0690. The first-order chi connectivity index (χ1) is 14.0. The molecule has 2 amide bonds. The molecule has 29 heavy (non-hydrogen) atoms. The lowest BCUT2D eigenvalue weighted by atomic mass is 9.92. The second kappa shape index (κ2) is 8.32. The van der Waals surface area contributed by atoms with Crippen LogP contribution >= 0.6 is 0 Å². The highest BCUT2D eigenvalue weighted by atomic mass is 16.5. The van der Waals surface area contributed by atoms with Crippen LogP contribution in [0.3, 0.4) is 0 Å². The van der Waals surface area contributed by atoms with Gasteiger partial charge in [0, 0.05) is 26.0 Å². The zero-order valence-electron chi connectivity index (χ0n) is 17.2. The van der Waals surface area contributed by atoms with Crippen LogP contribution in [-0.2, 0) is 14.3 Å². The van der Waals surface area contributed by atoms with Crippen LogP contribution in [-0.4, -0.2) is 67.4 Å². The first-order valence-electron chi connectivity index (χ1n) is 10.6. The van der Waals surface area contributed by atoms with E-state index in [1.54, 1.807) is 11.8 Å². The lowest BCUT2D eigenvalue weighted by Crippen LogP contribution is -2.56. The number of aryl methyl sites for hydroxylation is 1. The maximum absolute atomic E-state index is 13.4. The Hall–Kier alpha value is -2.12. The average molecular weight is 402 g/mol. The summed E-state index contributed by atoms with van der Waals surface area (Å²) in [7, 11) is 0. The van der Waals surface area contributed by atoms with E-state index in [9.17, 15) is 9.59 Å². The third-order valence-corrected chi connectivity index (χ3v) is 6.19. The molecule has 2 unspecified atom stereocenters. The Morgan fingerprint density at radius 2 is 2.10 bits per heavy atom. The second-order valence-electron chi connectivity index (χ2n) is 8.39. The second-order valence-corrected chi connectivity index (χ2v) is 8.39. The third kappa shape index (κ3) is 4.26. The molecule has 1 N–H and O–H groups in total. The summed E-state index contributed by atoms with van der Waals surface area (Å²) < 4.78 is 17.5. The first kappa shape index (κ1) is 20.2. The summed E-state index contributed by atoms with van der Waals surface area (Å²) in [6.45, 7) is 6.51. The van der Waals surface area contributed by atoms with E-state index in [0.717, 1.165) is 25.0 Å². The smallest absolute Gasteiger partial charge is 0.258 e. The van der Waals surface area contributed by atoms with Crippen molar-refractivity contribution in [2.45, 2.75) is 57.3 Å². The monoisotopic (exact) mass is 402 g/mol. The van der Waals surface area contributed by atoms with E-state index >= 15 is 0 Å². The van der Waals surface area contributed by atoms with Gasteiger partial charge in [0.2, 0.25) is 5.91 Å². The molecule has 0 radical (unpaired) electrons. The molecule has 4 rings (SSSR count). The SMILES string of the molecule is Cc1ccc2c(c1)C(=O)N(C(C)C(=O)NCC1CCCO1)CC1(CCOCC1)O2. The zero-order valence-corrected chi connectivity index (χ0v) is 17.2. The molecular formula is C22H30N2O5. The van der Waals surface area contributed by atoms with Crippen LogP contribution in [0.25, 0.3) is 0 Å². The van der Waals surface area contributed by atoms with Gasteiger partial charge in [-0.2, -0.15) is 0 Å². The number of ether oxygens (including phenoxy) is 3. The predicted octanol–water partition coefficient (Wildman–Crippen LogP) is 2.06. The Morgan fingerprint density at radius 1 is 1.31 bits per heavy atom. The molecule has 2 fully saturated rings. The lowest BCUT2D eigenvalue weighted by molar-refractivity contribution is -0.127. The van der Waals surface area contributed by atoms with Crippen molar-refractivity contribution < 1.29 is 23.8 Å². The largest absolute Gasteiger partial charge is 0.484 e. The van der Waals surface area contributed by atoms with Gasteiger partial charge in [0.1, 0.15) is 17.4 Å². The number of carbonyl (C=O) groups is 2. The van der Waals surface area contributed by atoms with Crippen LogP contribution in [0.4, 0.5) is 0 Å². The van der Waals surface area contributed by atoms with E-state index in [2.05, 4.69) is 5.32 Å². The molecule has 3 heterocycles. The number of carbonyl (C=O) groups excluding carboxylic acids is 2. The Balaban J connectivity index is 1.57. The molecule has 2 saturated heterocycles. The number of rotatable bonds is 4. The Bertz CT molecular complexity index is 768. The van der Waals surface area contributed by atoms with Crippen molar-refractivity contribution in [3.05, 3.63) is 29.3 Å². The molecule has 0 aromatic heterocycles. The first-order valence-corrected chi connectivity index (χ1v) is 10.6. The Labute approximate surface area is 171 Å². The number of hydrogen-bond donors (Lipinski definition) is 1. The van der Waals surface area contributed by atoms with Crippen LogP contribution in [0.1, 0.15) is 48.5 Å². The highest BCUT2D eigenvalue weighted by Crippen LogP contribution is 2.36. The molecule has 7 heteroatoms. The maximum atomic E-state index is 13.4. The molecule has 1 aromatic carbocycles. The van der Waals surface area contributed by atoms with Crippen molar-refractivity contribution in [1.82, 2.24) is 10.2 Å². The predicted molar refractivity (Wildman–Crippen MR) is 107 cm³/mol. The van der Waals surface area contributed by atoms with E-state index in [4.69, 9.17) is 14.2 Å². The summed E-state index contributed by atoms with van der Waals surface area (Å²) in [6.07, 6.45) is 3.43. The van der Waals surface area contributed by atoms with Gasteiger partial charge in [0.15, 0.2) is 0 Å². The standard InChI is InChI=1S/C22H30N2O5/c1-15-5-6-19-18(12-15)21(26)24(14-22(29-19)7-10-27-11-8-22)16(2)20(25)23-13-17-4-3-9-28-17/h5-6,12,16-17H,3-4,7-11,13-14H2,1-2H3,(H,23,25). The van der Waals surface area contributed by atoms with Gasteiger partial charge in [-0.3, -0.25) is 9.59 Å². The van der Waals surface area contributed by atoms with E-state index in [1.807, 2.05) is 25.1 Å².